The van der Waals surface area contributed by atoms with E-state index >= 15 is 0 Å². The van der Waals surface area contributed by atoms with Gasteiger partial charge in [0.15, 0.2) is 0 Å². The Bertz CT molecular complexity index is 259. The molecule has 0 aromatic heterocycles. The van der Waals surface area contributed by atoms with Gasteiger partial charge in [0, 0.05) is 0 Å². The summed E-state index contributed by atoms with van der Waals surface area (Å²) >= 11 is 0. The highest BCUT2D eigenvalue weighted by molar-refractivity contribution is 5.85. The van der Waals surface area contributed by atoms with Crippen LogP contribution in [0.3, 0.4) is 0 Å². The molecule has 0 amide bonds. The second kappa shape index (κ2) is 6.30. The number of benzene rings is 1. The number of hydrogen-bond donors (Lipinski definition) is 0. The molecule has 0 unspecified atom stereocenters. The molecule has 0 radical (unpaired) electrons. The van der Waals surface area contributed by atoms with Crippen LogP contribution in [0.1, 0.15) is 76.0 Å². The number of rotatable bonds is 3. The van der Waals surface area contributed by atoms with Crippen LogP contribution in [0.15, 0.2) is 18.2 Å². The van der Waals surface area contributed by atoms with Crippen LogP contribution < -0.4 is 0 Å². The zero-order valence-corrected chi connectivity index (χ0v) is 12.2. The molecule has 0 saturated heterocycles. The molecule has 0 nitrogen and oxygen atoms in total. The summed E-state index contributed by atoms with van der Waals surface area (Å²) in [6.45, 7) is 13.6. The summed E-state index contributed by atoms with van der Waals surface area (Å²) in [5, 5.41) is 0. The van der Waals surface area contributed by atoms with Gasteiger partial charge in [-0.2, -0.15) is 0 Å². The average Bonchev–Trinajstić information content (AvgIpc) is 2.16. The Morgan fingerprint density at radius 2 is 0.750 bits per heavy atom. The van der Waals surface area contributed by atoms with Crippen LogP contribution in [-0.2, 0) is 0 Å². The van der Waals surface area contributed by atoms with Crippen LogP contribution >= 0.6 is 12.4 Å². The Morgan fingerprint density at radius 3 is 0.875 bits per heavy atom. The van der Waals surface area contributed by atoms with Gasteiger partial charge in [0.05, 0.1) is 0 Å². The van der Waals surface area contributed by atoms with Crippen LogP contribution in [-0.4, -0.2) is 0 Å². The molecule has 1 aromatic rings. The lowest BCUT2D eigenvalue weighted by molar-refractivity contribution is 0.804. The quantitative estimate of drug-likeness (QED) is 0.657. The molecular formula is C15H25Cl. The zero-order valence-electron chi connectivity index (χ0n) is 11.4. The topological polar surface area (TPSA) is 0 Å². The molecule has 0 heterocycles. The van der Waals surface area contributed by atoms with Gasteiger partial charge >= 0.3 is 0 Å². The third kappa shape index (κ3) is 3.83. The summed E-state index contributed by atoms with van der Waals surface area (Å²) in [6, 6.07) is 7.09. The normalized spacial score (nSPS) is 11.1. The first-order valence-corrected chi connectivity index (χ1v) is 6.06. The molecule has 0 aliphatic heterocycles. The van der Waals surface area contributed by atoms with Gasteiger partial charge in [-0.15, -0.1) is 12.4 Å². The smallest absolute Gasteiger partial charge is 0.0219 e. The SMILES string of the molecule is CC(C)c1cc(C(C)C)cc(C(C)C)c1.Cl. The molecule has 0 aliphatic rings. The Kier molecular flexibility index (Phi) is 6.10. The molecule has 0 bridgehead atoms. The standard InChI is InChI=1S/C15H24.ClH/c1-10(2)13-7-14(11(3)4)9-15(8-13)12(5)6;/h7-12H,1-6H3;1H. The third-order valence-corrected chi connectivity index (χ3v) is 3.00. The Labute approximate surface area is 107 Å². The third-order valence-electron chi connectivity index (χ3n) is 3.00. The second-order valence-electron chi connectivity index (χ2n) is 5.40. The fraction of sp³-hybridized carbons (Fsp3) is 0.600. The maximum absolute atomic E-state index is 2.36. The Hall–Kier alpha value is -0.490. The van der Waals surface area contributed by atoms with E-state index in [0.29, 0.717) is 17.8 Å². The summed E-state index contributed by atoms with van der Waals surface area (Å²) in [4.78, 5) is 0. The van der Waals surface area contributed by atoms with Crippen LogP contribution in [0, 0.1) is 0 Å². The minimum absolute atomic E-state index is 0. The van der Waals surface area contributed by atoms with Gasteiger partial charge in [-0.1, -0.05) is 59.7 Å². The zero-order chi connectivity index (χ0) is 11.6. The van der Waals surface area contributed by atoms with E-state index in [-0.39, 0.29) is 12.4 Å². The van der Waals surface area contributed by atoms with Crippen molar-refractivity contribution in [3.63, 3.8) is 0 Å². The Morgan fingerprint density at radius 1 is 0.562 bits per heavy atom. The summed E-state index contributed by atoms with van der Waals surface area (Å²) < 4.78 is 0. The Balaban J connectivity index is 0.00000225. The van der Waals surface area contributed by atoms with E-state index in [1.165, 1.54) is 16.7 Å². The predicted octanol–water partition coefficient (Wildman–Crippen LogP) is 5.48. The van der Waals surface area contributed by atoms with Crippen molar-refractivity contribution in [3.05, 3.63) is 34.9 Å². The molecule has 16 heavy (non-hydrogen) atoms. The first-order chi connectivity index (χ1) is 6.91. The lowest BCUT2D eigenvalue weighted by atomic mass is 9.90. The first-order valence-electron chi connectivity index (χ1n) is 6.06. The second-order valence-corrected chi connectivity index (χ2v) is 5.40. The highest BCUT2D eigenvalue weighted by atomic mass is 35.5. The fourth-order valence-electron chi connectivity index (χ4n) is 1.70. The molecule has 0 spiro atoms. The molecule has 92 valence electrons. The van der Waals surface area contributed by atoms with Crippen molar-refractivity contribution in [1.82, 2.24) is 0 Å². The first kappa shape index (κ1) is 15.5. The molecule has 0 saturated carbocycles. The maximum Gasteiger partial charge on any atom is -0.0219 e. The molecule has 0 aliphatic carbocycles. The molecule has 1 aromatic carbocycles. The van der Waals surface area contributed by atoms with Crippen LogP contribution in [0.4, 0.5) is 0 Å². The minimum atomic E-state index is 0. The lowest BCUT2D eigenvalue weighted by Crippen LogP contribution is -1.98. The van der Waals surface area contributed by atoms with Crippen molar-refractivity contribution in [2.45, 2.75) is 59.3 Å². The van der Waals surface area contributed by atoms with Crippen molar-refractivity contribution in [1.29, 1.82) is 0 Å². The lowest BCUT2D eigenvalue weighted by Gasteiger charge is -2.16. The highest BCUT2D eigenvalue weighted by Crippen LogP contribution is 2.26. The summed E-state index contributed by atoms with van der Waals surface area (Å²) in [6.07, 6.45) is 0. The highest BCUT2D eigenvalue weighted by Gasteiger charge is 2.08. The minimum Gasteiger partial charge on any atom is -0.147 e. The summed E-state index contributed by atoms with van der Waals surface area (Å²) in [7, 11) is 0. The van der Waals surface area contributed by atoms with Gasteiger partial charge in [-0.3, -0.25) is 0 Å². The van der Waals surface area contributed by atoms with E-state index < -0.39 is 0 Å². The van der Waals surface area contributed by atoms with Gasteiger partial charge in [0.1, 0.15) is 0 Å². The van der Waals surface area contributed by atoms with Gasteiger partial charge in [-0.05, 0) is 34.4 Å². The van der Waals surface area contributed by atoms with Crippen molar-refractivity contribution >= 4 is 12.4 Å². The largest absolute Gasteiger partial charge is 0.147 e. The molecule has 0 N–H and O–H groups in total. The van der Waals surface area contributed by atoms with E-state index in [2.05, 4.69) is 59.7 Å². The predicted molar refractivity (Wildman–Crippen MR) is 76.0 cm³/mol. The molecule has 0 atom stereocenters. The van der Waals surface area contributed by atoms with Crippen molar-refractivity contribution in [3.8, 4) is 0 Å². The molecule has 0 fully saturated rings. The monoisotopic (exact) mass is 240 g/mol. The van der Waals surface area contributed by atoms with Crippen molar-refractivity contribution in [2.24, 2.45) is 0 Å². The van der Waals surface area contributed by atoms with E-state index in [9.17, 15) is 0 Å². The van der Waals surface area contributed by atoms with Crippen molar-refractivity contribution in [2.75, 3.05) is 0 Å². The van der Waals surface area contributed by atoms with Gasteiger partial charge < -0.3 is 0 Å². The maximum atomic E-state index is 2.36. The van der Waals surface area contributed by atoms with E-state index in [4.69, 9.17) is 0 Å². The van der Waals surface area contributed by atoms with Crippen LogP contribution in [0.5, 0.6) is 0 Å². The summed E-state index contributed by atoms with van der Waals surface area (Å²) in [5.74, 6) is 1.88. The van der Waals surface area contributed by atoms with E-state index in [1.807, 2.05) is 0 Å². The van der Waals surface area contributed by atoms with Gasteiger partial charge in [0.2, 0.25) is 0 Å². The van der Waals surface area contributed by atoms with E-state index in [0.717, 1.165) is 0 Å². The van der Waals surface area contributed by atoms with Gasteiger partial charge in [0.25, 0.3) is 0 Å². The van der Waals surface area contributed by atoms with Crippen molar-refractivity contribution < 1.29 is 0 Å². The van der Waals surface area contributed by atoms with Crippen LogP contribution in [0.25, 0.3) is 0 Å². The number of halogens is 1. The van der Waals surface area contributed by atoms with E-state index in [1.54, 1.807) is 0 Å². The van der Waals surface area contributed by atoms with Gasteiger partial charge in [-0.25, -0.2) is 0 Å². The average molecular weight is 241 g/mol. The summed E-state index contributed by atoms with van der Waals surface area (Å²) in [5.41, 5.74) is 4.43. The fourth-order valence-corrected chi connectivity index (χ4v) is 1.70. The molecule has 1 rings (SSSR count). The number of hydrogen-bond acceptors (Lipinski definition) is 0. The van der Waals surface area contributed by atoms with Crippen LogP contribution in [0.2, 0.25) is 0 Å². The molecule has 1 heteroatoms. The molecular weight excluding hydrogens is 216 g/mol.